The third kappa shape index (κ3) is 5.95. The number of rotatable bonds is 9. The summed E-state index contributed by atoms with van der Waals surface area (Å²) in [6, 6.07) is 14.8. The molecule has 1 atom stereocenters. The lowest BCUT2D eigenvalue weighted by molar-refractivity contribution is -0.118. The number of hydrogen-bond acceptors (Lipinski definition) is 5. The van der Waals surface area contributed by atoms with Gasteiger partial charge >= 0.3 is 0 Å². The van der Waals surface area contributed by atoms with E-state index in [1.54, 1.807) is 33.3 Å². The van der Waals surface area contributed by atoms with Crippen LogP contribution in [-0.2, 0) is 17.6 Å². The fourth-order valence-corrected chi connectivity index (χ4v) is 3.52. The van der Waals surface area contributed by atoms with Gasteiger partial charge in [-0.25, -0.2) is 4.98 Å². The molecular weight excluding hydrogens is 416 g/mol. The minimum absolute atomic E-state index is 0.0421. The number of ether oxygens (including phenoxy) is 1. The number of oxazole rings is 1. The van der Waals surface area contributed by atoms with Gasteiger partial charge in [-0.1, -0.05) is 35.9 Å². The lowest BCUT2D eigenvalue weighted by Crippen LogP contribution is -2.24. The van der Waals surface area contributed by atoms with E-state index in [-0.39, 0.29) is 36.1 Å². The summed E-state index contributed by atoms with van der Waals surface area (Å²) in [6.45, 7) is 0. The second kappa shape index (κ2) is 10.3. The molecule has 0 fully saturated rings. The normalized spacial score (nSPS) is 11.7. The Bertz CT molecular complexity index is 1030. The molecule has 0 aliphatic carbocycles. The van der Waals surface area contributed by atoms with Gasteiger partial charge in [-0.3, -0.25) is 9.59 Å². The van der Waals surface area contributed by atoms with Crippen LogP contribution in [0.4, 0.5) is 0 Å². The average molecular weight is 441 g/mol. The lowest BCUT2D eigenvalue weighted by Gasteiger charge is -2.17. The zero-order valence-corrected chi connectivity index (χ0v) is 18.6. The molecule has 2 aromatic carbocycles. The number of hydrogen-bond donors (Lipinski definition) is 0. The summed E-state index contributed by atoms with van der Waals surface area (Å²) in [6.07, 6.45) is 2.29. The number of benzene rings is 2. The molecule has 0 saturated carbocycles. The summed E-state index contributed by atoms with van der Waals surface area (Å²) in [5.41, 5.74) is 2.13. The van der Waals surface area contributed by atoms with Gasteiger partial charge in [-0.2, -0.15) is 0 Å². The van der Waals surface area contributed by atoms with E-state index in [0.717, 1.165) is 16.9 Å². The smallest absolute Gasteiger partial charge is 0.275 e. The molecule has 6 nitrogen and oxygen atoms in total. The van der Waals surface area contributed by atoms with E-state index in [1.165, 1.54) is 11.3 Å². The monoisotopic (exact) mass is 440 g/mol. The van der Waals surface area contributed by atoms with E-state index in [0.29, 0.717) is 17.2 Å². The largest absolute Gasteiger partial charge is 0.497 e. The Morgan fingerprint density at radius 3 is 2.32 bits per heavy atom. The number of aromatic nitrogens is 1. The molecule has 1 amide bonds. The minimum atomic E-state index is -0.324. The molecule has 0 radical (unpaired) electrons. The second-order valence-electron chi connectivity index (χ2n) is 7.56. The van der Waals surface area contributed by atoms with E-state index in [1.807, 2.05) is 36.4 Å². The van der Waals surface area contributed by atoms with E-state index in [9.17, 15) is 9.59 Å². The number of halogens is 1. The molecule has 0 spiro atoms. The van der Waals surface area contributed by atoms with Gasteiger partial charge in [0.15, 0.2) is 12.1 Å². The first kappa shape index (κ1) is 22.6. The highest BCUT2D eigenvalue weighted by molar-refractivity contribution is 6.30. The number of ketones is 1. The Hall–Kier alpha value is -3.12. The Balaban J connectivity index is 1.85. The van der Waals surface area contributed by atoms with E-state index in [4.69, 9.17) is 20.8 Å². The quantitative estimate of drug-likeness (QED) is 0.487. The molecular formula is C24H25ClN2O4. The molecule has 0 aliphatic rings. The average Bonchev–Trinajstić information content (AvgIpc) is 3.24. The van der Waals surface area contributed by atoms with Crippen LogP contribution in [0, 0.1) is 0 Å². The zero-order valence-electron chi connectivity index (χ0n) is 17.8. The van der Waals surface area contributed by atoms with Crippen LogP contribution in [0.1, 0.15) is 39.7 Å². The fraction of sp³-hybridized carbons (Fsp3) is 0.292. The molecule has 0 unspecified atom stereocenters. The van der Waals surface area contributed by atoms with Gasteiger partial charge in [0.25, 0.3) is 5.91 Å². The van der Waals surface area contributed by atoms with Crippen molar-refractivity contribution in [3.63, 3.8) is 0 Å². The Morgan fingerprint density at radius 1 is 1.06 bits per heavy atom. The number of methoxy groups -OCH3 is 1. The van der Waals surface area contributed by atoms with Crippen molar-refractivity contribution in [3.8, 4) is 5.75 Å². The van der Waals surface area contributed by atoms with E-state index < -0.39 is 0 Å². The van der Waals surface area contributed by atoms with Crippen molar-refractivity contribution in [3.05, 3.63) is 82.5 Å². The number of amides is 1. The van der Waals surface area contributed by atoms with Crippen LogP contribution >= 0.6 is 11.6 Å². The molecule has 1 heterocycles. The molecule has 31 heavy (non-hydrogen) atoms. The molecule has 0 saturated heterocycles. The molecule has 3 aromatic rings. The molecule has 1 aromatic heterocycles. The first-order valence-corrected chi connectivity index (χ1v) is 10.3. The highest BCUT2D eigenvalue weighted by atomic mass is 35.5. The summed E-state index contributed by atoms with van der Waals surface area (Å²) in [4.78, 5) is 31.0. The Kier molecular flexibility index (Phi) is 7.47. The van der Waals surface area contributed by atoms with Crippen LogP contribution in [0.2, 0.25) is 5.02 Å². The predicted molar refractivity (Wildman–Crippen MR) is 119 cm³/mol. The zero-order chi connectivity index (χ0) is 22.4. The summed E-state index contributed by atoms with van der Waals surface area (Å²) in [5.74, 6) is 0.643. The van der Waals surface area contributed by atoms with Gasteiger partial charge in [0.2, 0.25) is 0 Å². The van der Waals surface area contributed by atoms with Crippen molar-refractivity contribution < 1.29 is 18.7 Å². The van der Waals surface area contributed by atoms with Gasteiger partial charge < -0.3 is 14.1 Å². The topological polar surface area (TPSA) is 72.6 Å². The predicted octanol–water partition coefficient (Wildman–Crippen LogP) is 4.57. The van der Waals surface area contributed by atoms with Gasteiger partial charge in [0, 0.05) is 37.9 Å². The fourth-order valence-electron chi connectivity index (χ4n) is 3.40. The maximum Gasteiger partial charge on any atom is 0.275 e. The maximum absolute atomic E-state index is 12.9. The molecule has 0 aliphatic heterocycles. The standard InChI is InChI=1S/C24H25ClN2O4/c1-27(2)24(29)22-23(31-15-26-22)18(12-16-6-10-21(30-3)11-7-16)14-20(28)13-17-4-8-19(25)9-5-17/h4-11,15,18H,12-14H2,1-3H3/t18-/m1/s1. The number of Topliss-reactive ketones (excluding diaryl/α,β-unsaturated/α-hetero) is 1. The van der Waals surface area contributed by atoms with Crippen LogP contribution in [0.25, 0.3) is 0 Å². The summed E-state index contributed by atoms with van der Waals surface area (Å²) < 4.78 is 10.8. The second-order valence-corrected chi connectivity index (χ2v) is 8.00. The first-order chi connectivity index (χ1) is 14.9. The molecule has 162 valence electrons. The van der Waals surface area contributed by atoms with Crippen molar-refractivity contribution in [2.75, 3.05) is 21.2 Å². The van der Waals surface area contributed by atoms with Gasteiger partial charge in [-0.15, -0.1) is 0 Å². The molecule has 3 rings (SSSR count). The van der Waals surface area contributed by atoms with Crippen molar-refractivity contribution in [2.24, 2.45) is 0 Å². The minimum Gasteiger partial charge on any atom is -0.497 e. The Morgan fingerprint density at radius 2 is 1.71 bits per heavy atom. The first-order valence-electron chi connectivity index (χ1n) is 9.91. The van der Waals surface area contributed by atoms with Crippen LogP contribution in [-0.4, -0.2) is 42.8 Å². The van der Waals surface area contributed by atoms with Crippen molar-refractivity contribution in [1.82, 2.24) is 9.88 Å². The maximum atomic E-state index is 12.9. The third-order valence-corrected chi connectivity index (χ3v) is 5.26. The van der Waals surface area contributed by atoms with Crippen molar-refractivity contribution >= 4 is 23.3 Å². The Labute approximate surface area is 186 Å². The number of carbonyl (C=O) groups is 2. The van der Waals surface area contributed by atoms with Crippen LogP contribution in [0.3, 0.4) is 0 Å². The van der Waals surface area contributed by atoms with Gasteiger partial charge in [0.05, 0.1) is 7.11 Å². The summed E-state index contributed by atoms with van der Waals surface area (Å²) in [5, 5.41) is 0.627. The third-order valence-electron chi connectivity index (χ3n) is 5.00. The molecule has 7 heteroatoms. The van der Waals surface area contributed by atoms with E-state index >= 15 is 0 Å². The number of carbonyl (C=O) groups excluding carboxylic acids is 2. The van der Waals surface area contributed by atoms with Crippen LogP contribution < -0.4 is 4.74 Å². The highest BCUT2D eigenvalue weighted by Gasteiger charge is 2.27. The van der Waals surface area contributed by atoms with Crippen LogP contribution in [0.15, 0.2) is 59.3 Å². The van der Waals surface area contributed by atoms with Gasteiger partial charge in [0.1, 0.15) is 17.3 Å². The summed E-state index contributed by atoms with van der Waals surface area (Å²) in [7, 11) is 4.93. The van der Waals surface area contributed by atoms with E-state index in [2.05, 4.69) is 4.98 Å². The lowest BCUT2D eigenvalue weighted by atomic mass is 9.89. The molecule has 0 bridgehead atoms. The van der Waals surface area contributed by atoms with Crippen molar-refractivity contribution in [1.29, 1.82) is 0 Å². The summed E-state index contributed by atoms with van der Waals surface area (Å²) >= 11 is 5.94. The van der Waals surface area contributed by atoms with Crippen LogP contribution in [0.5, 0.6) is 5.75 Å². The SMILES string of the molecule is COc1ccc(C[C@H](CC(=O)Cc2ccc(Cl)cc2)c2ocnc2C(=O)N(C)C)cc1. The number of nitrogens with zero attached hydrogens (tertiary/aromatic N) is 2. The highest BCUT2D eigenvalue weighted by Crippen LogP contribution is 2.29. The molecule has 0 N–H and O–H groups in total. The van der Waals surface area contributed by atoms with Crippen molar-refractivity contribution in [2.45, 2.75) is 25.2 Å². The van der Waals surface area contributed by atoms with Gasteiger partial charge in [-0.05, 0) is 41.8 Å².